The second kappa shape index (κ2) is 9.12. The standard InChI is InChI=1S/C20H18N6O2S/c1-13(22)17(11-21)18(27)12-29-20-25-24-19(14-7-9-23-10-8-14)26(20)15-3-5-16(28-2)6-4-15/h3-10,17,22H,12H2,1-2H3. The van der Waals surface area contributed by atoms with Crippen LogP contribution in [0.1, 0.15) is 6.92 Å². The highest BCUT2D eigenvalue weighted by atomic mass is 32.2. The Morgan fingerprint density at radius 1 is 1.24 bits per heavy atom. The predicted molar refractivity (Wildman–Crippen MR) is 109 cm³/mol. The van der Waals surface area contributed by atoms with Gasteiger partial charge in [0.1, 0.15) is 11.7 Å². The first-order valence-corrected chi connectivity index (χ1v) is 9.64. The molecule has 0 bridgehead atoms. The van der Waals surface area contributed by atoms with Crippen LogP contribution in [0.2, 0.25) is 0 Å². The normalized spacial score (nSPS) is 11.5. The molecule has 0 saturated carbocycles. The molecule has 8 nitrogen and oxygen atoms in total. The molecule has 146 valence electrons. The van der Waals surface area contributed by atoms with Crippen LogP contribution < -0.4 is 4.74 Å². The largest absolute Gasteiger partial charge is 0.497 e. The molecule has 0 radical (unpaired) electrons. The van der Waals surface area contributed by atoms with Gasteiger partial charge in [0.25, 0.3) is 0 Å². The van der Waals surface area contributed by atoms with Crippen molar-refractivity contribution in [3.63, 3.8) is 0 Å². The zero-order valence-electron chi connectivity index (χ0n) is 15.9. The number of Topliss-reactive ketones (excluding diaryl/α,β-unsaturated/α-hetero) is 1. The number of carbonyl (C=O) groups excluding carboxylic acids is 1. The fourth-order valence-electron chi connectivity index (χ4n) is 2.64. The number of rotatable bonds is 8. The molecule has 0 aliphatic heterocycles. The highest BCUT2D eigenvalue weighted by Gasteiger charge is 2.22. The maximum Gasteiger partial charge on any atom is 0.196 e. The van der Waals surface area contributed by atoms with Gasteiger partial charge >= 0.3 is 0 Å². The number of nitrogens with zero attached hydrogens (tertiary/aromatic N) is 5. The van der Waals surface area contributed by atoms with Crippen molar-refractivity contribution in [1.29, 1.82) is 10.7 Å². The number of thioether (sulfide) groups is 1. The van der Waals surface area contributed by atoms with Gasteiger partial charge in [0.15, 0.2) is 16.8 Å². The zero-order valence-corrected chi connectivity index (χ0v) is 16.7. The molecule has 2 heterocycles. The Hall–Kier alpha value is -3.51. The molecular weight excluding hydrogens is 388 g/mol. The van der Waals surface area contributed by atoms with E-state index in [0.29, 0.717) is 11.0 Å². The minimum absolute atomic E-state index is 0.0130. The molecule has 0 aliphatic carbocycles. The number of hydrogen-bond acceptors (Lipinski definition) is 8. The molecule has 1 N–H and O–H groups in total. The average molecular weight is 406 g/mol. The number of methoxy groups -OCH3 is 1. The monoisotopic (exact) mass is 406 g/mol. The number of carbonyl (C=O) groups is 1. The molecule has 2 aromatic heterocycles. The van der Waals surface area contributed by atoms with E-state index in [9.17, 15) is 4.79 Å². The molecule has 0 saturated heterocycles. The van der Waals surface area contributed by atoms with Crippen LogP contribution in [0.4, 0.5) is 0 Å². The van der Waals surface area contributed by atoms with Gasteiger partial charge in [0, 0.05) is 29.4 Å². The van der Waals surface area contributed by atoms with Crippen LogP contribution >= 0.6 is 11.8 Å². The molecule has 0 spiro atoms. The third-order valence-corrected chi connectivity index (χ3v) is 5.08. The Balaban J connectivity index is 1.97. The van der Waals surface area contributed by atoms with Crippen molar-refractivity contribution in [1.82, 2.24) is 19.7 Å². The summed E-state index contributed by atoms with van der Waals surface area (Å²) >= 11 is 1.18. The molecular formula is C20H18N6O2S. The molecule has 0 fully saturated rings. The summed E-state index contributed by atoms with van der Waals surface area (Å²) in [7, 11) is 1.60. The second-order valence-electron chi connectivity index (χ2n) is 6.08. The third-order valence-electron chi connectivity index (χ3n) is 4.13. The molecule has 0 amide bonds. The van der Waals surface area contributed by atoms with Gasteiger partial charge in [0.05, 0.1) is 18.9 Å². The van der Waals surface area contributed by atoms with E-state index in [1.807, 2.05) is 47.0 Å². The van der Waals surface area contributed by atoms with Crippen LogP contribution in [-0.2, 0) is 4.79 Å². The lowest BCUT2D eigenvalue weighted by molar-refractivity contribution is -0.117. The summed E-state index contributed by atoms with van der Waals surface area (Å²) in [6.07, 6.45) is 3.34. The van der Waals surface area contributed by atoms with Crippen LogP contribution in [0, 0.1) is 22.7 Å². The maximum atomic E-state index is 12.3. The first-order valence-electron chi connectivity index (χ1n) is 8.65. The topological polar surface area (TPSA) is 118 Å². The van der Waals surface area contributed by atoms with Crippen molar-refractivity contribution in [2.24, 2.45) is 5.92 Å². The summed E-state index contributed by atoms with van der Waals surface area (Å²) in [5.74, 6) is -0.0409. The summed E-state index contributed by atoms with van der Waals surface area (Å²) in [4.78, 5) is 16.4. The summed E-state index contributed by atoms with van der Waals surface area (Å²) in [5.41, 5.74) is 1.66. The molecule has 9 heteroatoms. The number of hydrogen-bond donors (Lipinski definition) is 1. The molecule has 3 rings (SSSR count). The highest BCUT2D eigenvalue weighted by molar-refractivity contribution is 7.99. The minimum atomic E-state index is -1.04. The molecule has 1 atom stereocenters. The van der Waals surface area contributed by atoms with Gasteiger partial charge < -0.3 is 10.1 Å². The van der Waals surface area contributed by atoms with Gasteiger partial charge in [0.2, 0.25) is 0 Å². The van der Waals surface area contributed by atoms with E-state index >= 15 is 0 Å². The van der Waals surface area contributed by atoms with Crippen LogP contribution in [0.15, 0.2) is 53.9 Å². The van der Waals surface area contributed by atoms with E-state index < -0.39 is 5.92 Å². The van der Waals surface area contributed by atoms with Crippen molar-refractivity contribution in [2.75, 3.05) is 12.9 Å². The highest BCUT2D eigenvalue weighted by Crippen LogP contribution is 2.29. The van der Waals surface area contributed by atoms with Crippen LogP contribution in [-0.4, -0.2) is 44.1 Å². The first-order chi connectivity index (χ1) is 14.0. The Kier molecular flexibility index (Phi) is 6.36. The number of ether oxygens (including phenoxy) is 1. The number of benzene rings is 1. The zero-order chi connectivity index (χ0) is 20.8. The van der Waals surface area contributed by atoms with E-state index in [1.54, 1.807) is 19.5 Å². The Morgan fingerprint density at radius 2 is 1.93 bits per heavy atom. The first kappa shape index (κ1) is 20.2. The number of nitrogens with one attached hydrogen (secondary N) is 1. The number of pyridine rings is 1. The van der Waals surface area contributed by atoms with Gasteiger partial charge in [-0.05, 0) is 43.3 Å². The quantitative estimate of drug-likeness (QED) is 0.451. The Bertz CT molecular complexity index is 1060. The van der Waals surface area contributed by atoms with E-state index in [2.05, 4.69) is 15.2 Å². The van der Waals surface area contributed by atoms with Crippen LogP contribution in [0.3, 0.4) is 0 Å². The minimum Gasteiger partial charge on any atom is -0.497 e. The van der Waals surface area contributed by atoms with Gasteiger partial charge in [-0.25, -0.2) is 0 Å². The van der Waals surface area contributed by atoms with E-state index in [4.69, 9.17) is 15.4 Å². The lowest BCUT2D eigenvalue weighted by atomic mass is 10.0. The van der Waals surface area contributed by atoms with Crippen LogP contribution in [0.25, 0.3) is 17.1 Å². The third kappa shape index (κ3) is 4.50. The number of ketones is 1. The van der Waals surface area contributed by atoms with E-state index in [1.165, 1.54) is 18.7 Å². The lowest BCUT2D eigenvalue weighted by Crippen LogP contribution is -2.21. The summed E-state index contributed by atoms with van der Waals surface area (Å²) in [6.45, 7) is 1.46. The van der Waals surface area contributed by atoms with Crippen molar-refractivity contribution in [2.45, 2.75) is 12.1 Å². The summed E-state index contributed by atoms with van der Waals surface area (Å²) < 4.78 is 7.06. The molecule has 29 heavy (non-hydrogen) atoms. The Labute approximate surface area is 172 Å². The molecule has 1 unspecified atom stereocenters. The van der Waals surface area contributed by atoms with Crippen molar-refractivity contribution in [3.8, 4) is 28.9 Å². The fourth-order valence-corrected chi connectivity index (χ4v) is 3.50. The van der Waals surface area contributed by atoms with Crippen molar-refractivity contribution >= 4 is 23.3 Å². The summed E-state index contributed by atoms with van der Waals surface area (Å²) in [6, 6.07) is 12.9. The number of aromatic nitrogens is 4. The van der Waals surface area contributed by atoms with Gasteiger partial charge in [-0.1, -0.05) is 11.8 Å². The van der Waals surface area contributed by atoms with Crippen molar-refractivity contribution in [3.05, 3.63) is 48.8 Å². The maximum absolute atomic E-state index is 12.3. The fraction of sp³-hybridized carbons (Fsp3) is 0.200. The number of nitriles is 1. The van der Waals surface area contributed by atoms with E-state index in [-0.39, 0.29) is 17.2 Å². The van der Waals surface area contributed by atoms with Gasteiger partial charge in [-0.2, -0.15) is 5.26 Å². The summed E-state index contributed by atoms with van der Waals surface area (Å²) in [5, 5.41) is 25.8. The second-order valence-corrected chi connectivity index (χ2v) is 7.02. The molecule has 0 aliphatic rings. The van der Waals surface area contributed by atoms with Gasteiger partial charge in [-0.15, -0.1) is 10.2 Å². The van der Waals surface area contributed by atoms with Gasteiger partial charge in [-0.3, -0.25) is 14.3 Å². The SMILES string of the molecule is COc1ccc(-n2c(SCC(=O)C(C#N)C(C)=N)nnc2-c2ccncc2)cc1. The predicted octanol–water partition coefficient (Wildman–Crippen LogP) is 3.18. The smallest absolute Gasteiger partial charge is 0.196 e. The van der Waals surface area contributed by atoms with Crippen molar-refractivity contribution < 1.29 is 9.53 Å². The molecule has 1 aromatic carbocycles. The average Bonchev–Trinajstić information content (AvgIpc) is 3.17. The Morgan fingerprint density at radius 3 is 2.52 bits per heavy atom. The van der Waals surface area contributed by atoms with E-state index in [0.717, 1.165) is 17.0 Å². The lowest BCUT2D eigenvalue weighted by Gasteiger charge is -2.11. The van der Waals surface area contributed by atoms with Crippen LogP contribution in [0.5, 0.6) is 5.75 Å². The molecule has 3 aromatic rings.